The van der Waals surface area contributed by atoms with Crippen LogP contribution < -0.4 is 4.74 Å². The molecule has 0 amide bonds. The van der Waals surface area contributed by atoms with Crippen LogP contribution in [0.25, 0.3) is 0 Å². The van der Waals surface area contributed by atoms with E-state index in [9.17, 15) is 9.18 Å². The zero-order valence-electron chi connectivity index (χ0n) is 11.9. The maximum absolute atomic E-state index is 12.9. The molecule has 0 bridgehead atoms. The molecule has 21 heavy (non-hydrogen) atoms. The summed E-state index contributed by atoms with van der Waals surface area (Å²) in [6.45, 7) is 1.72. The minimum Gasteiger partial charge on any atom is -0.483 e. The van der Waals surface area contributed by atoms with E-state index in [1.165, 1.54) is 41.8 Å². The molecule has 0 aromatic heterocycles. The molecule has 0 saturated carbocycles. The largest absolute Gasteiger partial charge is 0.483 e. The van der Waals surface area contributed by atoms with Gasteiger partial charge in [0.1, 0.15) is 11.6 Å². The van der Waals surface area contributed by atoms with Gasteiger partial charge in [-0.25, -0.2) is 4.39 Å². The van der Waals surface area contributed by atoms with E-state index in [0.29, 0.717) is 5.56 Å². The van der Waals surface area contributed by atoms with E-state index < -0.39 is 6.10 Å². The van der Waals surface area contributed by atoms with Crippen LogP contribution in [0.3, 0.4) is 0 Å². The molecule has 0 fully saturated rings. The molecule has 3 heteroatoms. The minimum atomic E-state index is -0.588. The van der Waals surface area contributed by atoms with Gasteiger partial charge in [-0.1, -0.05) is 6.07 Å². The summed E-state index contributed by atoms with van der Waals surface area (Å²) in [5.74, 6) is 0.229. The number of Topliss-reactive ketones (excluding diaryl/α,β-unsaturated/α-hetero) is 1. The van der Waals surface area contributed by atoms with Crippen molar-refractivity contribution in [1.29, 1.82) is 0 Å². The molecular weight excluding hydrogens is 267 g/mol. The molecule has 1 aliphatic carbocycles. The normalized spacial score (nSPS) is 14.6. The molecule has 2 aromatic carbocycles. The van der Waals surface area contributed by atoms with Crippen LogP contribution >= 0.6 is 0 Å². The number of hydrogen-bond donors (Lipinski definition) is 0. The van der Waals surface area contributed by atoms with E-state index in [0.717, 1.165) is 18.6 Å². The van der Waals surface area contributed by atoms with Gasteiger partial charge in [0.15, 0.2) is 6.10 Å². The first-order valence-corrected chi connectivity index (χ1v) is 7.22. The Morgan fingerprint density at radius 1 is 1.10 bits per heavy atom. The number of carbonyl (C=O) groups is 1. The summed E-state index contributed by atoms with van der Waals surface area (Å²) in [5.41, 5.74) is 3.15. The van der Waals surface area contributed by atoms with Crippen molar-refractivity contribution in [2.45, 2.75) is 32.3 Å². The van der Waals surface area contributed by atoms with E-state index >= 15 is 0 Å². The lowest BCUT2D eigenvalue weighted by atomic mass is 10.1. The number of ketones is 1. The smallest absolute Gasteiger partial charge is 0.202 e. The molecular formula is C18H17FO2. The van der Waals surface area contributed by atoms with Crippen molar-refractivity contribution in [2.24, 2.45) is 0 Å². The summed E-state index contributed by atoms with van der Waals surface area (Å²) in [7, 11) is 0. The van der Waals surface area contributed by atoms with Gasteiger partial charge in [-0.15, -0.1) is 0 Å². The monoisotopic (exact) mass is 284 g/mol. The number of halogens is 1. The second-order valence-electron chi connectivity index (χ2n) is 5.42. The molecule has 2 nitrogen and oxygen atoms in total. The number of aryl methyl sites for hydroxylation is 2. The number of benzene rings is 2. The lowest BCUT2D eigenvalue weighted by Gasteiger charge is -2.14. The average Bonchev–Trinajstić information content (AvgIpc) is 2.95. The molecule has 0 N–H and O–H groups in total. The van der Waals surface area contributed by atoms with E-state index in [1.54, 1.807) is 6.92 Å². The zero-order chi connectivity index (χ0) is 14.8. The maximum Gasteiger partial charge on any atom is 0.202 e. The molecule has 1 unspecified atom stereocenters. The first kappa shape index (κ1) is 13.8. The first-order chi connectivity index (χ1) is 10.1. The van der Waals surface area contributed by atoms with Crippen LogP contribution in [0.2, 0.25) is 0 Å². The van der Waals surface area contributed by atoms with Gasteiger partial charge in [0, 0.05) is 5.56 Å². The molecule has 1 aliphatic rings. The van der Waals surface area contributed by atoms with Crippen molar-refractivity contribution in [3.05, 3.63) is 65.0 Å². The van der Waals surface area contributed by atoms with E-state index in [1.807, 2.05) is 12.1 Å². The Morgan fingerprint density at radius 2 is 1.81 bits per heavy atom. The standard InChI is InChI=1S/C18H17FO2/c1-12(18(20)14-5-8-16(19)9-6-14)21-17-10-7-13-3-2-4-15(13)11-17/h5-12H,2-4H2,1H3. The first-order valence-electron chi connectivity index (χ1n) is 7.22. The predicted octanol–water partition coefficient (Wildman–Crippen LogP) is 3.96. The van der Waals surface area contributed by atoms with Crippen LogP contribution in [0.4, 0.5) is 4.39 Å². The Morgan fingerprint density at radius 3 is 2.57 bits per heavy atom. The molecule has 1 atom stereocenters. The van der Waals surface area contributed by atoms with E-state index in [-0.39, 0.29) is 11.6 Å². The molecule has 0 spiro atoms. The summed E-state index contributed by atoms with van der Waals surface area (Å²) in [6.07, 6.45) is 2.80. The maximum atomic E-state index is 12.9. The highest BCUT2D eigenvalue weighted by Gasteiger charge is 2.18. The Balaban J connectivity index is 1.72. The summed E-state index contributed by atoms with van der Waals surface area (Å²) in [6, 6.07) is 11.6. The number of rotatable bonds is 4. The quantitative estimate of drug-likeness (QED) is 0.794. The van der Waals surface area contributed by atoms with Gasteiger partial charge >= 0.3 is 0 Å². The highest BCUT2D eigenvalue weighted by atomic mass is 19.1. The second-order valence-corrected chi connectivity index (χ2v) is 5.42. The van der Waals surface area contributed by atoms with Crippen LogP contribution in [-0.2, 0) is 12.8 Å². The fourth-order valence-corrected chi connectivity index (χ4v) is 2.73. The van der Waals surface area contributed by atoms with Crippen LogP contribution in [-0.4, -0.2) is 11.9 Å². The van der Waals surface area contributed by atoms with Gasteiger partial charge in [0.25, 0.3) is 0 Å². The van der Waals surface area contributed by atoms with Gasteiger partial charge in [0.2, 0.25) is 5.78 Å². The highest BCUT2D eigenvalue weighted by Crippen LogP contribution is 2.26. The lowest BCUT2D eigenvalue weighted by molar-refractivity contribution is 0.0818. The van der Waals surface area contributed by atoms with Crippen molar-refractivity contribution in [2.75, 3.05) is 0 Å². The van der Waals surface area contributed by atoms with Gasteiger partial charge < -0.3 is 4.74 Å². The van der Waals surface area contributed by atoms with Crippen molar-refractivity contribution in [1.82, 2.24) is 0 Å². The molecule has 0 saturated heterocycles. The van der Waals surface area contributed by atoms with Crippen molar-refractivity contribution in [3.8, 4) is 5.75 Å². The Bertz CT molecular complexity index is 661. The van der Waals surface area contributed by atoms with Crippen LogP contribution in [0.5, 0.6) is 5.75 Å². The van der Waals surface area contributed by atoms with Crippen LogP contribution in [0.15, 0.2) is 42.5 Å². The summed E-state index contributed by atoms with van der Waals surface area (Å²) < 4.78 is 18.6. The third-order valence-corrected chi connectivity index (χ3v) is 3.88. The van der Waals surface area contributed by atoms with Gasteiger partial charge in [-0.05, 0) is 73.7 Å². The second kappa shape index (κ2) is 5.68. The molecule has 0 heterocycles. The van der Waals surface area contributed by atoms with Gasteiger partial charge in [-0.2, -0.15) is 0 Å². The van der Waals surface area contributed by atoms with Crippen LogP contribution in [0, 0.1) is 5.82 Å². The molecule has 0 radical (unpaired) electrons. The van der Waals surface area contributed by atoms with Crippen molar-refractivity contribution >= 4 is 5.78 Å². The van der Waals surface area contributed by atoms with E-state index in [2.05, 4.69) is 6.07 Å². The average molecular weight is 284 g/mol. The lowest BCUT2D eigenvalue weighted by Crippen LogP contribution is -2.23. The summed E-state index contributed by atoms with van der Waals surface area (Å²) >= 11 is 0. The van der Waals surface area contributed by atoms with Gasteiger partial charge in [-0.3, -0.25) is 4.79 Å². The third-order valence-electron chi connectivity index (χ3n) is 3.88. The fourth-order valence-electron chi connectivity index (χ4n) is 2.73. The zero-order valence-corrected chi connectivity index (χ0v) is 11.9. The Hall–Kier alpha value is -2.16. The third kappa shape index (κ3) is 2.97. The Kier molecular flexibility index (Phi) is 3.74. The topological polar surface area (TPSA) is 26.3 Å². The van der Waals surface area contributed by atoms with E-state index in [4.69, 9.17) is 4.74 Å². The predicted molar refractivity (Wildman–Crippen MR) is 79.3 cm³/mol. The molecule has 0 aliphatic heterocycles. The fraction of sp³-hybridized carbons (Fsp3) is 0.278. The van der Waals surface area contributed by atoms with Crippen molar-refractivity contribution in [3.63, 3.8) is 0 Å². The number of ether oxygens (including phenoxy) is 1. The number of fused-ring (bicyclic) bond motifs is 1. The number of hydrogen-bond acceptors (Lipinski definition) is 2. The number of carbonyl (C=O) groups excluding carboxylic acids is 1. The minimum absolute atomic E-state index is 0.143. The SMILES string of the molecule is CC(Oc1ccc2c(c1)CCC2)C(=O)c1ccc(F)cc1. The molecule has 3 rings (SSSR count). The van der Waals surface area contributed by atoms with Crippen LogP contribution in [0.1, 0.15) is 34.8 Å². The summed E-state index contributed by atoms with van der Waals surface area (Å²) in [4.78, 5) is 12.2. The van der Waals surface area contributed by atoms with Gasteiger partial charge in [0.05, 0.1) is 0 Å². The molecule has 2 aromatic rings. The van der Waals surface area contributed by atoms with Crippen molar-refractivity contribution < 1.29 is 13.9 Å². The Labute approximate surface area is 123 Å². The highest BCUT2D eigenvalue weighted by molar-refractivity contribution is 5.99. The summed E-state index contributed by atoms with van der Waals surface area (Å²) in [5, 5.41) is 0. The molecule has 108 valence electrons.